The van der Waals surface area contributed by atoms with Gasteiger partial charge in [0.15, 0.2) is 0 Å². The third-order valence-electron chi connectivity index (χ3n) is 1.49. The van der Waals surface area contributed by atoms with Crippen LogP contribution in [0.2, 0.25) is 5.02 Å². The predicted molar refractivity (Wildman–Crippen MR) is 52.5 cm³/mol. The summed E-state index contributed by atoms with van der Waals surface area (Å²) in [5.74, 6) is 0. The quantitative estimate of drug-likeness (QED) is 0.408. The zero-order valence-electron chi connectivity index (χ0n) is 6.95. The molecule has 0 unspecified atom stereocenters. The van der Waals surface area contributed by atoms with Crippen LogP contribution in [0.3, 0.4) is 0 Å². The van der Waals surface area contributed by atoms with E-state index in [4.69, 9.17) is 22.7 Å². The maximum absolute atomic E-state index is 8.23. The summed E-state index contributed by atoms with van der Waals surface area (Å²) in [6.07, 6.45) is -0.859. The van der Waals surface area contributed by atoms with Crippen molar-refractivity contribution in [2.45, 2.75) is 6.17 Å². The van der Waals surface area contributed by atoms with Crippen molar-refractivity contribution in [1.29, 1.82) is 0 Å². The van der Waals surface area contributed by atoms with Gasteiger partial charge in [-0.25, -0.2) is 0 Å². The Morgan fingerprint density at radius 3 is 2.00 bits per heavy atom. The molecule has 14 heavy (non-hydrogen) atoms. The molecule has 1 aromatic carbocycles. The van der Waals surface area contributed by atoms with Crippen LogP contribution in [0, 0.1) is 0 Å². The lowest BCUT2D eigenvalue weighted by molar-refractivity contribution is 0.757. The van der Waals surface area contributed by atoms with Gasteiger partial charge in [-0.15, -0.1) is 0 Å². The van der Waals surface area contributed by atoms with Crippen molar-refractivity contribution in [3.63, 3.8) is 0 Å². The van der Waals surface area contributed by atoms with Gasteiger partial charge in [-0.05, 0) is 28.8 Å². The predicted octanol–water partition coefficient (Wildman–Crippen LogP) is 3.96. The number of benzene rings is 1. The van der Waals surface area contributed by atoms with Gasteiger partial charge in [0.25, 0.3) is 0 Å². The van der Waals surface area contributed by atoms with Gasteiger partial charge in [0.2, 0.25) is 0 Å². The van der Waals surface area contributed by atoms with E-state index in [2.05, 4.69) is 20.1 Å². The Balaban J connectivity index is 3.04. The van der Waals surface area contributed by atoms with Crippen LogP contribution in [-0.4, -0.2) is 0 Å². The largest absolute Gasteiger partial charge is 0.141 e. The summed E-state index contributed by atoms with van der Waals surface area (Å²) >= 11 is 5.66. The van der Waals surface area contributed by atoms with E-state index in [9.17, 15) is 0 Å². The SMILES string of the molecule is [N-]=[N+]=NC(N=[N+]=[N-])c1ccc(Cl)cc1. The van der Waals surface area contributed by atoms with Crippen LogP contribution in [-0.2, 0) is 0 Å². The minimum atomic E-state index is -0.859. The highest BCUT2D eigenvalue weighted by atomic mass is 35.5. The Bertz CT molecular complexity index is 383. The highest BCUT2D eigenvalue weighted by Gasteiger charge is 2.05. The topological polar surface area (TPSA) is 97.5 Å². The molecule has 0 aromatic heterocycles. The fourth-order valence-electron chi connectivity index (χ4n) is 0.889. The number of nitrogens with zero attached hydrogens (tertiary/aromatic N) is 6. The molecule has 0 bridgehead atoms. The Morgan fingerprint density at radius 1 is 1.07 bits per heavy atom. The van der Waals surface area contributed by atoms with Crippen LogP contribution >= 0.6 is 11.6 Å². The molecule has 7 heteroatoms. The lowest BCUT2D eigenvalue weighted by Gasteiger charge is -2.03. The van der Waals surface area contributed by atoms with E-state index >= 15 is 0 Å². The Labute approximate surface area is 84.4 Å². The van der Waals surface area contributed by atoms with Gasteiger partial charge >= 0.3 is 0 Å². The second kappa shape index (κ2) is 4.99. The summed E-state index contributed by atoms with van der Waals surface area (Å²) in [4.78, 5) is 5.16. The van der Waals surface area contributed by atoms with Gasteiger partial charge in [0.1, 0.15) is 6.17 Å². The summed E-state index contributed by atoms with van der Waals surface area (Å²) in [6.45, 7) is 0. The standard InChI is InChI=1S/C7H5ClN6/c8-6-3-1-5(2-4-6)7(11-13-9)12-14-10/h1-4,7H. The van der Waals surface area contributed by atoms with Crippen LogP contribution in [0.1, 0.15) is 11.7 Å². The van der Waals surface area contributed by atoms with Crippen molar-refractivity contribution >= 4 is 11.6 Å². The van der Waals surface area contributed by atoms with E-state index in [1.54, 1.807) is 24.3 Å². The average Bonchev–Trinajstić information content (AvgIpc) is 2.19. The minimum absolute atomic E-state index is 0.564. The molecule has 0 radical (unpaired) electrons. The van der Waals surface area contributed by atoms with Crippen molar-refractivity contribution in [3.8, 4) is 0 Å². The van der Waals surface area contributed by atoms with Gasteiger partial charge in [-0.1, -0.05) is 34.0 Å². The van der Waals surface area contributed by atoms with E-state index in [0.29, 0.717) is 10.6 Å². The molecule has 0 saturated heterocycles. The van der Waals surface area contributed by atoms with Crippen molar-refractivity contribution in [3.05, 3.63) is 55.7 Å². The first-order chi connectivity index (χ1) is 6.77. The molecule has 0 fully saturated rings. The van der Waals surface area contributed by atoms with E-state index in [1.165, 1.54) is 0 Å². The summed E-state index contributed by atoms with van der Waals surface area (Å²) in [5, 5.41) is 7.23. The molecule has 0 spiro atoms. The third-order valence-corrected chi connectivity index (χ3v) is 1.74. The molecular formula is C7H5ClN6. The van der Waals surface area contributed by atoms with Crippen molar-refractivity contribution < 1.29 is 0 Å². The minimum Gasteiger partial charge on any atom is -0.0843 e. The monoisotopic (exact) mass is 208 g/mol. The molecule has 0 N–H and O–H groups in total. The second-order valence-corrected chi connectivity index (χ2v) is 2.77. The van der Waals surface area contributed by atoms with E-state index in [0.717, 1.165) is 0 Å². The molecule has 0 aliphatic rings. The molecule has 0 heterocycles. The first-order valence-electron chi connectivity index (χ1n) is 3.62. The van der Waals surface area contributed by atoms with Crippen LogP contribution in [0.15, 0.2) is 34.5 Å². The maximum atomic E-state index is 8.23. The molecule has 0 aliphatic heterocycles. The van der Waals surface area contributed by atoms with E-state index < -0.39 is 6.17 Å². The fourth-order valence-corrected chi connectivity index (χ4v) is 1.02. The summed E-state index contributed by atoms with van der Waals surface area (Å²) < 4.78 is 0. The normalized spacial score (nSPS) is 10.9. The highest BCUT2D eigenvalue weighted by Crippen LogP contribution is 2.21. The van der Waals surface area contributed by atoms with Crippen LogP contribution in [0.5, 0.6) is 0 Å². The number of hydrogen-bond acceptors (Lipinski definition) is 2. The average molecular weight is 209 g/mol. The lowest BCUT2D eigenvalue weighted by Crippen LogP contribution is -1.88. The van der Waals surface area contributed by atoms with Crippen molar-refractivity contribution in [2.24, 2.45) is 10.2 Å². The first-order valence-corrected chi connectivity index (χ1v) is 3.99. The Kier molecular flexibility index (Phi) is 3.64. The van der Waals surface area contributed by atoms with Gasteiger partial charge in [0, 0.05) is 14.8 Å². The summed E-state index contributed by atoms with van der Waals surface area (Å²) in [6, 6.07) is 6.53. The van der Waals surface area contributed by atoms with Gasteiger partial charge in [-0.2, -0.15) is 0 Å². The molecule has 1 rings (SSSR count). The van der Waals surface area contributed by atoms with Crippen LogP contribution in [0.4, 0.5) is 0 Å². The summed E-state index contributed by atoms with van der Waals surface area (Å²) in [7, 11) is 0. The van der Waals surface area contributed by atoms with Gasteiger partial charge in [0.05, 0.1) is 0 Å². The van der Waals surface area contributed by atoms with Gasteiger partial charge in [-0.3, -0.25) is 0 Å². The molecule has 6 nitrogen and oxygen atoms in total. The number of azide groups is 1. The number of hydrogen-bond donors (Lipinski definition) is 0. The molecule has 0 saturated carbocycles. The van der Waals surface area contributed by atoms with Crippen LogP contribution in [0.25, 0.3) is 20.9 Å². The molecule has 1 aromatic rings. The number of halogens is 1. The highest BCUT2D eigenvalue weighted by molar-refractivity contribution is 6.30. The molecule has 70 valence electrons. The Morgan fingerprint density at radius 2 is 1.57 bits per heavy atom. The molecular weight excluding hydrogens is 204 g/mol. The van der Waals surface area contributed by atoms with E-state index in [1.807, 2.05) is 0 Å². The first kappa shape index (κ1) is 10.2. The molecule has 0 amide bonds. The summed E-state index contributed by atoms with van der Waals surface area (Å²) in [5.41, 5.74) is 17.1. The van der Waals surface area contributed by atoms with Crippen molar-refractivity contribution in [1.82, 2.24) is 0 Å². The third kappa shape index (κ3) is 2.57. The van der Waals surface area contributed by atoms with Crippen LogP contribution < -0.4 is 0 Å². The Hall–Kier alpha value is -1.87. The fraction of sp³-hybridized carbons (Fsp3) is 0.143. The van der Waals surface area contributed by atoms with Crippen molar-refractivity contribution in [2.75, 3.05) is 0 Å². The number of rotatable bonds is 3. The molecule has 0 atom stereocenters. The second-order valence-electron chi connectivity index (χ2n) is 2.34. The van der Waals surface area contributed by atoms with Gasteiger partial charge < -0.3 is 0 Å². The van der Waals surface area contributed by atoms with E-state index in [-0.39, 0.29) is 0 Å². The zero-order valence-corrected chi connectivity index (χ0v) is 7.70. The smallest absolute Gasteiger partial charge is 0.0843 e. The zero-order chi connectivity index (χ0) is 10.4. The maximum Gasteiger partial charge on any atom is 0.141 e. The molecule has 0 aliphatic carbocycles. The lowest BCUT2D eigenvalue weighted by atomic mass is 10.2.